The number of benzene rings is 1. The SMILES string of the molecule is CCC(=O)Nc1c(I)cc(I)c(OC(C)C(=O)O)c1I. The van der Waals surface area contributed by atoms with Crippen molar-refractivity contribution in [3.05, 3.63) is 16.8 Å². The second-order valence-corrected chi connectivity index (χ2v) is 7.26. The maximum absolute atomic E-state index is 11.6. The number of rotatable bonds is 5. The lowest BCUT2D eigenvalue weighted by molar-refractivity contribution is -0.144. The summed E-state index contributed by atoms with van der Waals surface area (Å²) >= 11 is 6.27. The summed E-state index contributed by atoms with van der Waals surface area (Å²) in [4.78, 5) is 22.5. The van der Waals surface area contributed by atoms with E-state index in [1.807, 2.05) is 6.07 Å². The van der Waals surface area contributed by atoms with Crippen molar-refractivity contribution in [3.8, 4) is 5.75 Å². The van der Waals surface area contributed by atoms with Crippen LogP contribution in [0.3, 0.4) is 0 Å². The van der Waals surface area contributed by atoms with Gasteiger partial charge in [-0.15, -0.1) is 0 Å². The number of aliphatic carboxylic acids is 1. The Hall–Kier alpha value is 0.150. The third kappa shape index (κ3) is 4.58. The average Bonchev–Trinajstić information content (AvgIpc) is 2.38. The fourth-order valence-electron chi connectivity index (χ4n) is 1.25. The van der Waals surface area contributed by atoms with Crippen LogP contribution in [0, 0.1) is 10.7 Å². The van der Waals surface area contributed by atoms with Gasteiger partial charge >= 0.3 is 5.97 Å². The summed E-state index contributed by atoms with van der Waals surface area (Å²) in [5.74, 6) is -0.651. The molecule has 110 valence electrons. The minimum atomic E-state index is -1.03. The third-order valence-electron chi connectivity index (χ3n) is 2.36. The van der Waals surface area contributed by atoms with Gasteiger partial charge in [-0.05, 0) is 80.8 Å². The van der Waals surface area contributed by atoms with Crippen LogP contribution < -0.4 is 10.1 Å². The average molecular weight is 615 g/mol. The molecule has 2 N–H and O–H groups in total. The van der Waals surface area contributed by atoms with Crippen molar-refractivity contribution in [2.45, 2.75) is 26.4 Å². The molecular formula is C12H12I3NO4. The van der Waals surface area contributed by atoms with Crippen LogP contribution in [0.5, 0.6) is 5.75 Å². The van der Waals surface area contributed by atoms with Crippen LogP contribution in [0.4, 0.5) is 5.69 Å². The van der Waals surface area contributed by atoms with Crippen molar-refractivity contribution in [2.24, 2.45) is 0 Å². The topological polar surface area (TPSA) is 75.6 Å². The number of anilines is 1. The molecule has 0 aromatic heterocycles. The number of carboxylic acids is 1. The van der Waals surface area contributed by atoms with Gasteiger partial charge in [-0.1, -0.05) is 6.92 Å². The summed E-state index contributed by atoms with van der Waals surface area (Å²) in [6, 6.07) is 1.85. The molecule has 1 aromatic carbocycles. The van der Waals surface area contributed by atoms with E-state index in [2.05, 4.69) is 73.1 Å². The normalized spacial score (nSPS) is 11.8. The number of carboxylic acid groups (broad SMARTS) is 1. The molecule has 0 aliphatic carbocycles. The van der Waals surface area contributed by atoms with Crippen molar-refractivity contribution >= 4 is 85.3 Å². The molecule has 5 nitrogen and oxygen atoms in total. The molecule has 0 saturated carbocycles. The molecule has 1 amide bonds. The summed E-state index contributed by atoms with van der Waals surface area (Å²) in [6.45, 7) is 3.24. The van der Waals surface area contributed by atoms with Crippen molar-refractivity contribution in [1.29, 1.82) is 0 Å². The van der Waals surface area contributed by atoms with Crippen LogP contribution in [0.2, 0.25) is 0 Å². The minimum Gasteiger partial charge on any atom is -0.479 e. The van der Waals surface area contributed by atoms with E-state index in [0.29, 0.717) is 21.4 Å². The van der Waals surface area contributed by atoms with E-state index in [4.69, 9.17) is 9.84 Å². The number of ether oxygens (including phenoxy) is 1. The highest BCUT2D eigenvalue weighted by Gasteiger charge is 2.21. The fraction of sp³-hybridized carbons (Fsp3) is 0.333. The van der Waals surface area contributed by atoms with Gasteiger partial charge in [0, 0.05) is 9.99 Å². The predicted octanol–water partition coefficient (Wildman–Crippen LogP) is 3.70. The zero-order chi connectivity index (χ0) is 15.4. The van der Waals surface area contributed by atoms with Crippen molar-refractivity contribution in [2.75, 3.05) is 5.32 Å². The van der Waals surface area contributed by atoms with Gasteiger partial charge in [0.25, 0.3) is 0 Å². The van der Waals surface area contributed by atoms with E-state index in [0.717, 1.165) is 7.14 Å². The number of carbonyl (C=O) groups excluding carboxylic acids is 1. The Morgan fingerprint density at radius 2 is 1.95 bits per heavy atom. The van der Waals surface area contributed by atoms with Gasteiger partial charge in [0.05, 0.1) is 12.8 Å². The van der Waals surface area contributed by atoms with Crippen LogP contribution in [0.25, 0.3) is 0 Å². The van der Waals surface area contributed by atoms with E-state index in [1.54, 1.807) is 6.92 Å². The van der Waals surface area contributed by atoms with Gasteiger partial charge in [-0.2, -0.15) is 0 Å². The van der Waals surface area contributed by atoms with Crippen LogP contribution in [-0.2, 0) is 9.59 Å². The summed E-state index contributed by atoms with van der Waals surface area (Å²) in [5, 5.41) is 11.7. The van der Waals surface area contributed by atoms with Crippen LogP contribution in [0.15, 0.2) is 6.07 Å². The third-order valence-corrected chi connectivity index (χ3v) is 5.04. The number of halogens is 3. The molecule has 1 aromatic rings. The molecule has 0 spiro atoms. The van der Waals surface area contributed by atoms with Crippen LogP contribution in [0.1, 0.15) is 20.3 Å². The Morgan fingerprint density at radius 3 is 2.45 bits per heavy atom. The number of nitrogens with one attached hydrogen (secondary N) is 1. The maximum atomic E-state index is 11.6. The molecule has 20 heavy (non-hydrogen) atoms. The van der Waals surface area contributed by atoms with Gasteiger partial charge in [0.2, 0.25) is 5.91 Å². The monoisotopic (exact) mass is 615 g/mol. The Balaban J connectivity index is 3.21. The lowest BCUT2D eigenvalue weighted by Crippen LogP contribution is -2.24. The first-order chi connectivity index (χ1) is 9.27. The second kappa shape index (κ2) is 7.96. The standard InChI is InChI=1S/C12H12I3NO4/c1-3-8(17)16-10-6(13)4-7(14)11(9(10)15)20-5(2)12(18)19/h4-5H,3H2,1-2H3,(H,16,17)(H,18,19). The van der Waals surface area contributed by atoms with Gasteiger partial charge in [-0.3, -0.25) is 4.79 Å². The molecule has 0 heterocycles. The lowest BCUT2D eigenvalue weighted by Gasteiger charge is -2.18. The Morgan fingerprint density at radius 1 is 1.35 bits per heavy atom. The smallest absolute Gasteiger partial charge is 0.344 e. The molecule has 0 radical (unpaired) electrons. The highest BCUT2D eigenvalue weighted by molar-refractivity contribution is 14.1. The highest BCUT2D eigenvalue weighted by atomic mass is 127. The first-order valence-corrected chi connectivity index (χ1v) is 8.88. The Kier molecular flexibility index (Phi) is 7.24. The predicted molar refractivity (Wildman–Crippen MR) is 101 cm³/mol. The molecule has 0 aliphatic heterocycles. The number of hydrogen-bond donors (Lipinski definition) is 2. The summed E-state index contributed by atoms with van der Waals surface area (Å²) in [5.41, 5.74) is 0.658. The number of hydrogen-bond acceptors (Lipinski definition) is 3. The van der Waals surface area contributed by atoms with Gasteiger partial charge in [-0.25, -0.2) is 4.79 Å². The van der Waals surface area contributed by atoms with Crippen LogP contribution in [-0.4, -0.2) is 23.1 Å². The number of amides is 1. The van der Waals surface area contributed by atoms with Crippen molar-refractivity contribution in [1.82, 2.24) is 0 Å². The van der Waals surface area contributed by atoms with Gasteiger partial charge in [0.15, 0.2) is 6.10 Å². The van der Waals surface area contributed by atoms with E-state index >= 15 is 0 Å². The van der Waals surface area contributed by atoms with Gasteiger partial charge < -0.3 is 15.2 Å². The van der Waals surface area contributed by atoms with E-state index < -0.39 is 12.1 Å². The molecule has 0 saturated heterocycles. The Labute approximate surface area is 157 Å². The van der Waals surface area contributed by atoms with Crippen molar-refractivity contribution < 1.29 is 19.4 Å². The lowest BCUT2D eigenvalue weighted by atomic mass is 10.3. The molecule has 0 aliphatic rings. The molecular weight excluding hydrogens is 603 g/mol. The molecule has 1 rings (SSSR count). The first-order valence-electron chi connectivity index (χ1n) is 5.64. The minimum absolute atomic E-state index is 0.0979. The molecule has 0 fully saturated rings. The van der Waals surface area contributed by atoms with Gasteiger partial charge in [0.1, 0.15) is 5.75 Å². The zero-order valence-corrected chi connectivity index (χ0v) is 17.1. The first kappa shape index (κ1) is 18.2. The Bertz CT molecular complexity index is 548. The van der Waals surface area contributed by atoms with Crippen LogP contribution >= 0.6 is 67.8 Å². The highest BCUT2D eigenvalue weighted by Crippen LogP contribution is 2.37. The zero-order valence-electron chi connectivity index (χ0n) is 10.7. The van der Waals surface area contributed by atoms with Crippen molar-refractivity contribution in [3.63, 3.8) is 0 Å². The van der Waals surface area contributed by atoms with E-state index in [9.17, 15) is 9.59 Å². The quantitative estimate of drug-likeness (QED) is 0.496. The largest absolute Gasteiger partial charge is 0.479 e. The molecule has 1 unspecified atom stereocenters. The maximum Gasteiger partial charge on any atom is 0.344 e. The van der Waals surface area contributed by atoms with E-state index in [1.165, 1.54) is 6.92 Å². The fourth-order valence-corrected chi connectivity index (χ4v) is 5.14. The van der Waals surface area contributed by atoms with E-state index in [-0.39, 0.29) is 5.91 Å². The second-order valence-electron chi connectivity index (χ2n) is 3.86. The molecule has 1 atom stereocenters. The molecule has 0 bridgehead atoms. The summed E-state index contributed by atoms with van der Waals surface area (Å²) < 4.78 is 7.87. The summed E-state index contributed by atoms with van der Waals surface area (Å²) in [7, 11) is 0. The molecule has 8 heteroatoms. The number of carbonyl (C=O) groups is 2. The summed E-state index contributed by atoms with van der Waals surface area (Å²) in [6.07, 6.45) is -0.577.